The third-order valence-electron chi connectivity index (χ3n) is 2.63. The van der Waals surface area contributed by atoms with Crippen molar-refractivity contribution in [3.8, 4) is 5.75 Å². The van der Waals surface area contributed by atoms with Gasteiger partial charge in [0.05, 0.1) is 16.0 Å². The number of hydrogen-bond acceptors (Lipinski definition) is 4. The van der Waals surface area contributed by atoms with Crippen molar-refractivity contribution in [3.63, 3.8) is 0 Å². The van der Waals surface area contributed by atoms with Crippen LogP contribution < -0.4 is 9.54 Å². The molecule has 0 aliphatic heterocycles. The first-order valence-corrected chi connectivity index (χ1v) is 8.10. The summed E-state index contributed by atoms with van der Waals surface area (Å²) >= 11 is 1.62. The van der Waals surface area contributed by atoms with Gasteiger partial charge < -0.3 is 9.30 Å². The highest BCUT2D eigenvalue weighted by atomic mass is 32.2. The van der Waals surface area contributed by atoms with E-state index in [0.29, 0.717) is 22.0 Å². The maximum atomic E-state index is 12.2. The fraction of sp³-hybridized carbons (Fsp3) is 0.417. The first kappa shape index (κ1) is 18.0. The number of thiazole rings is 1. The average molecular weight is 376 g/mol. The van der Waals surface area contributed by atoms with Crippen LogP contribution in [-0.2, 0) is 6.54 Å². The Hall–Kier alpha value is -1.36. The van der Waals surface area contributed by atoms with Gasteiger partial charge in [0, 0.05) is 12.3 Å². The lowest BCUT2D eigenvalue weighted by Gasteiger charge is -2.09. The van der Waals surface area contributed by atoms with Gasteiger partial charge in [0.25, 0.3) is 0 Å². The molecule has 0 spiro atoms. The van der Waals surface area contributed by atoms with E-state index >= 15 is 0 Å². The molecule has 128 valence electrons. The molecule has 0 saturated carbocycles. The number of benzene rings is 1. The number of thioether (sulfide) groups is 1. The quantitative estimate of drug-likeness (QED) is 0.621. The summed E-state index contributed by atoms with van der Waals surface area (Å²) in [4.78, 5) is 0.0526. The highest BCUT2D eigenvalue weighted by Crippen LogP contribution is 2.28. The molecule has 2 aromatic rings. The van der Waals surface area contributed by atoms with Crippen molar-refractivity contribution in [1.82, 2.24) is 4.57 Å². The van der Waals surface area contributed by atoms with Crippen LogP contribution in [0.25, 0.3) is 10.2 Å². The standard InChI is InChI=1S/C12H10F6N2OS2/c13-11(14,15)6-22-4-3-20-8-2-1-7(21-12(16,17)18)5-9(8)23-10(20)19/h1-2,5,19H,3-4,6H2. The van der Waals surface area contributed by atoms with E-state index < -0.39 is 24.0 Å². The minimum absolute atomic E-state index is 0.0526. The lowest BCUT2D eigenvalue weighted by atomic mass is 10.3. The summed E-state index contributed by atoms with van der Waals surface area (Å²) in [7, 11) is 0. The lowest BCUT2D eigenvalue weighted by molar-refractivity contribution is -0.274. The third-order valence-corrected chi connectivity index (χ3v) is 4.60. The molecule has 11 heteroatoms. The number of rotatable bonds is 5. The number of ether oxygens (including phenoxy) is 1. The lowest BCUT2D eigenvalue weighted by Crippen LogP contribution is -2.17. The predicted octanol–water partition coefficient (Wildman–Crippen LogP) is 4.38. The molecule has 1 aromatic carbocycles. The Labute approximate surface area is 134 Å². The number of nitrogens with one attached hydrogen (secondary N) is 1. The van der Waals surface area contributed by atoms with E-state index in [2.05, 4.69) is 4.74 Å². The summed E-state index contributed by atoms with van der Waals surface area (Å²) in [5.41, 5.74) is 0.488. The molecular weight excluding hydrogens is 366 g/mol. The maximum absolute atomic E-state index is 12.2. The number of nitrogens with zero attached hydrogens (tertiary/aromatic N) is 1. The molecule has 0 radical (unpaired) electrons. The summed E-state index contributed by atoms with van der Waals surface area (Å²) in [5, 5.41) is 7.79. The van der Waals surface area contributed by atoms with Crippen LogP contribution in [0.1, 0.15) is 0 Å². The van der Waals surface area contributed by atoms with Crippen molar-refractivity contribution in [2.45, 2.75) is 19.1 Å². The van der Waals surface area contributed by atoms with Gasteiger partial charge in [-0.05, 0) is 18.2 Å². The molecule has 0 unspecified atom stereocenters. The van der Waals surface area contributed by atoms with Gasteiger partial charge in [-0.1, -0.05) is 11.3 Å². The molecule has 1 N–H and O–H groups in total. The SMILES string of the molecule is N=c1sc2cc(OC(F)(F)F)ccc2n1CCSCC(F)(F)F. The Bertz CT molecular complexity index is 734. The van der Waals surface area contributed by atoms with Gasteiger partial charge in [0.15, 0.2) is 4.80 Å². The number of alkyl halides is 6. The molecule has 1 aromatic heterocycles. The molecule has 3 nitrogen and oxygen atoms in total. The number of fused-ring (bicyclic) bond motifs is 1. The van der Waals surface area contributed by atoms with E-state index in [-0.39, 0.29) is 17.1 Å². The minimum atomic E-state index is -4.81. The van der Waals surface area contributed by atoms with Crippen LogP contribution in [0.15, 0.2) is 18.2 Å². The molecule has 23 heavy (non-hydrogen) atoms. The maximum Gasteiger partial charge on any atom is 0.573 e. The molecular formula is C12H10F6N2OS2. The first-order chi connectivity index (χ1) is 10.6. The van der Waals surface area contributed by atoms with Gasteiger partial charge in [-0.25, -0.2) is 0 Å². The topological polar surface area (TPSA) is 38.0 Å². The fourth-order valence-electron chi connectivity index (χ4n) is 1.83. The summed E-state index contributed by atoms with van der Waals surface area (Å²) in [6, 6.07) is 3.63. The van der Waals surface area contributed by atoms with Crippen molar-refractivity contribution in [2.24, 2.45) is 0 Å². The van der Waals surface area contributed by atoms with Crippen LogP contribution in [0.5, 0.6) is 5.75 Å². The van der Waals surface area contributed by atoms with E-state index in [0.717, 1.165) is 23.5 Å². The van der Waals surface area contributed by atoms with Crippen LogP contribution in [0.4, 0.5) is 26.3 Å². The largest absolute Gasteiger partial charge is 0.573 e. The van der Waals surface area contributed by atoms with Crippen LogP contribution in [-0.4, -0.2) is 28.6 Å². The van der Waals surface area contributed by atoms with Gasteiger partial charge in [-0.3, -0.25) is 5.41 Å². The second-order valence-electron chi connectivity index (χ2n) is 4.40. The second-order valence-corrected chi connectivity index (χ2v) is 6.54. The molecule has 0 aliphatic carbocycles. The molecule has 0 atom stereocenters. The summed E-state index contributed by atoms with van der Waals surface area (Å²) in [5.74, 6) is -1.24. The van der Waals surface area contributed by atoms with Gasteiger partial charge >= 0.3 is 12.5 Å². The van der Waals surface area contributed by atoms with E-state index in [1.807, 2.05) is 0 Å². The van der Waals surface area contributed by atoms with Gasteiger partial charge in [-0.2, -0.15) is 24.9 Å². The zero-order valence-corrected chi connectivity index (χ0v) is 12.9. The smallest absolute Gasteiger partial charge is 0.406 e. The molecule has 0 fully saturated rings. The normalized spacial score (nSPS) is 12.8. The van der Waals surface area contributed by atoms with Crippen molar-refractivity contribution in [2.75, 3.05) is 11.5 Å². The summed E-state index contributed by atoms with van der Waals surface area (Å²) in [6.07, 6.45) is -9.06. The highest BCUT2D eigenvalue weighted by Gasteiger charge is 2.31. The highest BCUT2D eigenvalue weighted by molar-refractivity contribution is 7.99. The molecule has 0 aliphatic rings. The van der Waals surface area contributed by atoms with Gasteiger partial charge in [-0.15, -0.1) is 13.2 Å². The second kappa shape index (κ2) is 6.63. The number of hydrogen-bond donors (Lipinski definition) is 1. The predicted molar refractivity (Wildman–Crippen MR) is 75.7 cm³/mol. The Morgan fingerprint density at radius 3 is 2.48 bits per heavy atom. The molecule has 0 amide bonds. The van der Waals surface area contributed by atoms with Crippen molar-refractivity contribution < 1.29 is 31.1 Å². The third kappa shape index (κ3) is 5.34. The zero-order chi connectivity index (χ0) is 17.3. The van der Waals surface area contributed by atoms with E-state index in [4.69, 9.17) is 5.41 Å². The first-order valence-electron chi connectivity index (χ1n) is 6.13. The van der Waals surface area contributed by atoms with E-state index in [1.54, 1.807) is 0 Å². The van der Waals surface area contributed by atoms with Crippen LogP contribution >= 0.6 is 23.1 Å². The molecule has 0 bridgehead atoms. The molecule has 1 heterocycles. The van der Waals surface area contributed by atoms with E-state index in [9.17, 15) is 26.3 Å². The minimum Gasteiger partial charge on any atom is -0.406 e. The van der Waals surface area contributed by atoms with Crippen LogP contribution in [0, 0.1) is 5.41 Å². The number of halogens is 6. The van der Waals surface area contributed by atoms with Crippen molar-refractivity contribution in [1.29, 1.82) is 5.41 Å². The Morgan fingerprint density at radius 1 is 1.17 bits per heavy atom. The monoisotopic (exact) mass is 376 g/mol. The Morgan fingerprint density at radius 2 is 1.87 bits per heavy atom. The van der Waals surface area contributed by atoms with Crippen molar-refractivity contribution in [3.05, 3.63) is 23.0 Å². The van der Waals surface area contributed by atoms with Gasteiger partial charge in [0.1, 0.15) is 5.75 Å². The average Bonchev–Trinajstić information content (AvgIpc) is 2.66. The van der Waals surface area contributed by atoms with Gasteiger partial charge in [0.2, 0.25) is 0 Å². The Kier molecular flexibility index (Phi) is 5.19. The van der Waals surface area contributed by atoms with Crippen molar-refractivity contribution >= 4 is 33.3 Å². The van der Waals surface area contributed by atoms with Crippen LogP contribution in [0.3, 0.4) is 0 Å². The molecule has 0 saturated heterocycles. The summed E-state index contributed by atoms with van der Waals surface area (Å²) in [6.45, 7) is 0.166. The fourth-order valence-corrected chi connectivity index (χ4v) is 3.48. The number of aromatic nitrogens is 1. The Balaban J connectivity index is 2.12. The summed E-state index contributed by atoms with van der Waals surface area (Å²) < 4.78 is 78.4. The van der Waals surface area contributed by atoms with E-state index in [1.165, 1.54) is 10.6 Å². The van der Waals surface area contributed by atoms with Crippen LogP contribution in [0.2, 0.25) is 0 Å². The molecule has 2 rings (SSSR count). The number of aryl methyl sites for hydroxylation is 1. The zero-order valence-electron chi connectivity index (χ0n) is 11.3.